The molecule has 118 valence electrons. The van der Waals surface area contributed by atoms with Crippen LogP contribution in [0.15, 0.2) is 22.1 Å². The summed E-state index contributed by atoms with van der Waals surface area (Å²) in [5, 5.41) is 9.89. The first-order valence-electron chi connectivity index (χ1n) is 7.57. The Bertz CT molecular complexity index is 665. The monoisotopic (exact) mass is 300 g/mol. The molecule has 3 heteroatoms. The molecule has 0 aliphatic heterocycles. The summed E-state index contributed by atoms with van der Waals surface area (Å²) in [6.45, 7) is 9.95. The van der Waals surface area contributed by atoms with Crippen LogP contribution in [0.4, 0.5) is 0 Å². The second-order valence-corrected chi connectivity index (χ2v) is 7.07. The maximum atomic E-state index is 12.0. The fraction of sp³-hybridized carbons (Fsp3) is 0.526. The summed E-state index contributed by atoms with van der Waals surface area (Å²) in [7, 11) is 0. The fourth-order valence-electron chi connectivity index (χ4n) is 3.65. The minimum absolute atomic E-state index is 0.0351. The minimum atomic E-state index is -0.772. The summed E-state index contributed by atoms with van der Waals surface area (Å²) in [6.07, 6.45) is 8.31. The molecule has 1 fully saturated rings. The number of hydrogen-bond acceptors (Lipinski definition) is 2. The molecule has 1 heterocycles. The molecule has 1 N–H and O–H groups in total. The van der Waals surface area contributed by atoms with Crippen LogP contribution in [0.25, 0.3) is 0 Å². The third-order valence-corrected chi connectivity index (χ3v) is 5.07. The van der Waals surface area contributed by atoms with Crippen molar-refractivity contribution in [1.29, 1.82) is 0 Å². The van der Waals surface area contributed by atoms with Gasteiger partial charge in [0.2, 0.25) is 0 Å². The Morgan fingerprint density at radius 2 is 2.14 bits per heavy atom. The number of hydrogen-bond donors (Lipinski definition) is 1. The molecule has 2 atom stereocenters. The van der Waals surface area contributed by atoms with Gasteiger partial charge in [0.05, 0.1) is 11.8 Å². The zero-order valence-electron chi connectivity index (χ0n) is 14.0. The lowest BCUT2D eigenvalue weighted by Gasteiger charge is -2.14. The maximum Gasteiger partial charge on any atom is 0.311 e. The van der Waals surface area contributed by atoms with Crippen molar-refractivity contribution in [3.63, 3.8) is 0 Å². The third-order valence-electron chi connectivity index (χ3n) is 5.07. The maximum absolute atomic E-state index is 12.0. The van der Waals surface area contributed by atoms with Gasteiger partial charge in [-0.15, -0.1) is 6.42 Å². The number of carbonyl (C=O) groups is 1. The van der Waals surface area contributed by atoms with E-state index >= 15 is 0 Å². The normalized spacial score (nSPS) is 25.4. The molecule has 1 aliphatic rings. The van der Waals surface area contributed by atoms with Gasteiger partial charge in [-0.3, -0.25) is 4.79 Å². The van der Waals surface area contributed by atoms with Crippen molar-refractivity contribution in [1.82, 2.24) is 0 Å². The molecule has 1 saturated carbocycles. The molecular weight excluding hydrogens is 276 g/mol. The highest BCUT2D eigenvalue weighted by atomic mass is 16.4. The number of terminal acetylenes is 1. The van der Waals surface area contributed by atoms with Crippen LogP contribution in [0, 0.1) is 36.0 Å². The molecule has 0 aromatic carbocycles. The molecule has 0 bridgehead atoms. The van der Waals surface area contributed by atoms with E-state index in [0.717, 1.165) is 22.7 Å². The van der Waals surface area contributed by atoms with E-state index in [4.69, 9.17) is 10.8 Å². The van der Waals surface area contributed by atoms with Gasteiger partial charge in [-0.2, -0.15) is 0 Å². The minimum Gasteiger partial charge on any atom is -0.481 e. The SMILES string of the molecule is C#CCc1cc(CC2(C(=O)O)C(C=C(C)C)C2(C)C)c(C)o1. The van der Waals surface area contributed by atoms with E-state index in [1.54, 1.807) is 0 Å². The third kappa shape index (κ3) is 2.37. The van der Waals surface area contributed by atoms with Crippen LogP contribution in [-0.2, 0) is 17.6 Å². The molecule has 2 unspecified atom stereocenters. The Morgan fingerprint density at radius 1 is 1.50 bits per heavy atom. The number of aliphatic carboxylic acids is 1. The summed E-state index contributed by atoms with van der Waals surface area (Å²) in [6, 6.07) is 1.91. The van der Waals surface area contributed by atoms with Gasteiger partial charge in [0, 0.05) is 5.92 Å². The van der Waals surface area contributed by atoms with Crippen molar-refractivity contribution in [2.75, 3.05) is 0 Å². The molecular formula is C19H24O3. The van der Waals surface area contributed by atoms with E-state index < -0.39 is 11.4 Å². The molecule has 22 heavy (non-hydrogen) atoms. The first-order valence-corrected chi connectivity index (χ1v) is 7.57. The molecule has 0 spiro atoms. The first kappa shape index (κ1) is 16.4. The number of aryl methyl sites for hydroxylation is 1. The number of furan rings is 1. The van der Waals surface area contributed by atoms with Crippen LogP contribution >= 0.6 is 0 Å². The van der Waals surface area contributed by atoms with Gasteiger partial charge < -0.3 is 9.52 Å². The molecule has 1 aromatic heterocycles. The van der Waals surface area contributed by atoms with E-state index in [1.807, 2.05) is 40.7 Å². The van der Waals surface area contributed by atoms with Crippen molar-refractivity contribution in [2.24, 2.45) is 16.7 Å². The zero-order valence-corrected chi connectivity index (χ0v) is 14.0. The topological polar surface area (TPSA) is 50.4 Å². The molecule has 1 aliphatic carbocycles. The largest absolute Gasteiger partial charge is 0.481 e. The average Bonchev–Trinajstić information content (AvgIpc) is 2.67. The average molecular weight is 300 g/mol. The van der Waals surface area contributed by atoms with E-state index in [2.05, 4.69) is 12.0 Å². The summed E-state index contributed by atoms with van der Waals surface area (Å²) in [4.78, 5) is 12.0. The van der Waals surface area contributed by atoms with Crippen LogP contribution in [-0.4, -0.2) is 11.1 Å². The predicted molar refractivity (Wildman–Crippen MR) is 86.5 cm³/mol. The van der Waals surface area contributed by atoms with E-state index in [-0.39, 0.29) is 11.3 Å². The zero-order chi connectivity index (χ0) is 16.7. The highest BCUT2D eigenvalue weighted by Gasteiger charge is 2.74. The van der Waals surface area contributed by atoms with Crippen LogP contribution in [0.5, 0.6) is 0 Å². The summed E-state index contributed by atoms with van der Waals surface area (Å²) in [5.74, 6) is 3.35. The number of rotatable bonds is 5. The van der Waals surface area contributed by atoms with Crippen molar-refractivity contribution < 1.29 is 14.3 Å². The van der Waals surface area contributed by atoms with Crippen molar-refractivity contribution in [3.05, 3.63) is 34.8 Å². The van der Waals surface area contributed by atoms with Crippen LogP contribution in [0.3, 0.4) is 0 Å². The van der Waals surface area contributed by atoms with E-state index in [1.165, 1.54) is 0 Å². The molecule has 1 aromatic rings. The van der Waals surface area contributed by atoms with E-state index in [0.29, 0.717) is 12.8 Å². The van der Waals surface area contributed by atoms with Crippen molar-refractivity contribution >= 4 is 5.97 Å². The Hall–Kier alpha value is -1.95. The Labute approximate surface area is 132 Å². The van der Waals surface area contributed by atoms with Crippen molar-refractivity contribution in [3.8, 4) is 12.3 Å². The standard InChI is InChI=1S/C19H24O3/c1-7-8-15-10-14(13(4)22-15)11-19(17(20)21)16(9-12(2)3)18(19,5)6/h1,9-10,16H,8,11H2,2-6H3,(H,20,21). The summed E-state index contributed by atoms with van der Waals surface area (Å²) >= 11 is 0. The van der Waals surface area contributed by atoms with Gasteiger partial charge >= 0.3 is 5.97 Å². The highest BCUT2D eigenvalue weighted by molar-refractivity contribution is 5.82. The lowest BCUT2D eigenvalue weighted by molar-refractivity contribution is -0.145. The van der Waals surface area contributed by atoms with Gasteiger partial charge in [0.25, 0.3) is 0 Å². The first-order chi connectivity index (χ1) is 10.2. The lowest BCUT2D eigenvalue weighted by Crippen LogP contribution is -2.24. The Kier molecular flexibility index (Phi) is 4.00. The highest BCUT2D eigenvalue weighted by Crippen LogP contribution is 2.71. The number of carboxylic acids is 1. The quantitative estimate of drug-likeness (QED) is 0.660. The summed E-state index contributed by atoms with van der Waals surface area (Å²) in [5.41, 5.74) is 1.06. The van der Waals surface area contributed by atoms with Crippen LogP contribution in [0.1, 0.15) is 44.8 Å². The van der Waals surface area contributed by atoms with Gasteiger partial charge in [0.1, 0.15) is 11.5 Å². The Balaban J connectivity index is 2.38. The predicted octanol–water partition coefficient (Wildman–Crippen LogP) is 4.00. The fourth-order valence-corrected chi connectivity index (χ4v) is 3.65. The van der Waals surface area contributed by atoms with Gasteiger partial charge in [-0.05, 0) is 44.2 Å². The molecule has 2 rings (SSSR count). The van der Waals surface area contributed by atoms with Gasteiger partial charge in [0.15, 0.2) is 0 Å². The van der Waals surface area contributed by atoms with Crippen LogP contribution < -0.4 is 0 Å². The molecule has 0 amide bonds. The second-order valence-electron chi connectivity index (χ2n) is 7.07. The molecule has 0 saturated heterocycles. The van der Waals surface area contributed by atoms with Gasteiger partial charge in [-0.25, -0.2) is 0 Å². The molecule has 3 nitrogen and oxygen atoms in total. The Morgan fingerprint density at radius 3 is 2.64 bits per heavy atom. The van der Waals surface area contributed by atoms with Crippen molar-refractivity contribution in [2.45, 2.75) is 47.5 Å². The number of allylic oxidation sites excluding steroid dienone is 2. The van der Waals surface area contributed by atoms with E-state index in [9.17, 15) is 9.90 Å². The van der Waals surface area contributed by atoms with Crippen LogP contribution in [0.2, 0.25) is 0 Å². The summed E-state index contributed by atoms with van der Waals surface area (Å²) < 4.78 is 5.64. The van der Waals surface area contributed by atoms with Gasteiger partial charge in [-0.1, -0.05) is 31.4 Å². The lowest BCUT2D eigenvalue weighted by atomic mass is 9.88. The second kappa shape index (κ2) is 5.35. The smallest absolute Gasteiger partial charge is 0.311 e. The molecule has 0 radical (unpaired) electrons. The number of carboxylic acid groups (broad SMARTS) is 1.